The molecule has 1 aliphatic rings. The first-order valence-electron chi connectivity index (χ1n) is 7.93. The van der Waals surface area contributed by atoms with Crippen LogP contribution in [-0.2, 0) is 11.3 Å². The van der Waals surface area contributed by atoms with E-state index in [-0.39, 0.29) is 5.91 Å². The van der Waals surface area contributed by atoms with E-state index >= 15 is 0 Å². The average molecular weight is 330 g/mol. The van der Waals surface area contributed by atoms with Crippen LogP contribution in [0.2, 0.25) is 0 Å². The molecule has 1 saturated heterocycles. The molecule has 1 aromatic heterocycles. The summed E-state index contributed by atoms with van der Waals surface area (Å²) in [5.74, 6) is 0.963. The lowest BCUT2D eigenvalue weighted by Gasteiger charge is -2.24. The normalized spacial score (nSPS) is 18.0. The van der Waals surface area contributed by atoms with E-state index in [2.05, 4.69) is 22.3 Å². The molecule has 1 fully saturated rings. The lowest BCUT2D eigenvalue weighted by Crippen LogP contribution is -2.36. The molecular formula is C18H22N2O2S. The molecule has 3 rings (SSSR count). The lowest BCUT2D eigenvalue weighted by atomic mass is 10.0. The van der Waals surface area contributed by atoms with Crippen LogP contribution < -0.4 is 10.1 Å². The first kappa shape index (κ1) is 16.0. The third-order valence-electron chi connectivity index (χ3n) is 4.23. The van der Waals surface area contributed by atoms with Gasteiger partial charge in [-0.3, -0.25) is 9.69 Å². The lowest BCUT2D eigenvalue weighted by molar-refractivity contribution is -0.122. The molecular weight excluding hydrogens is 308 g/mol. The number of thiophene rings is 1. The van der Waals surface area contributed by atoms with E-state index in [1.54, 1.807) is 18.4 Å². The SMILES string of the molecule is COc1cccc([C@@H]2CCCN2CC(=O)NCc2cccs2)c1. The van der Waals surface area contributed by atoms with Crippen molar-refractivity contribution in [3.05, 3.63) is 52.2 Å². The number of methoxy groups -OCH3 is 1. The quantitative estimate of drug-likeness (QED) is 0.884. The van der Waals surface area contributed by atoms with E-state index in [1.165, 1.54) is 10.4 Å². The minimum Gasteiger partial charge on any atom is -0.497 e. The number of rotatable bonds is 6. The standard InChI is InChI=1S/C18H22N2O2S/c1-22-15-6-2-5-14(11-15)17-8-3-9-20(17)13-18(21)19-12-16-7-4-10-23-16/h2,4-7,10-11,17H,3,8-9,12-13H2,1H3,(H,19,21)/t17-/m0/s1. The van der Waals surface area contributed by atoms with Crippen molar-refractivity contribution in [1.82, 2.24) is 10.2 Å². The summed E-state index contributed by atoms with van der Waals surface area (Å²) < 4.78 is 5.31. The van der Waals surface area contributed by atoms with Crippen molar-refractivity contribution in [2.75, 3.05) is 20.2 Å². The average Bonchev–Trinajstić information content (AvgIpc) is 3.24. The molecule has 5 heteroatoms. The summed E-state index contributed by atoms with van der Waals surface area (Å²) in [6.45, 7) is 2.04. The first-order valence-corrected chi connectivity index (χ1v) is 8.81. The van der Waals surface area contributed by atoms with Gasteiger partial charge in [-0.15, -0.1) is 11.3 Å². The number of carbonyl (C=O) groups is 1. The van der Waals surface area contributed by atoms with Crippen LogP contribution in [0.1, 0.15) is 29.3 Å². The van der Waals surface area contributed by atoms with Crippen LogP contribution in [0.4, 0.5) is 0 Å². The molecule has 0 radical (unpaired) electrons. The molecule has 23 heavy (non-hydrogen) atoms. The number of ether oxygens (including phenoxy) is 1. The second kappa shape index (κ2) is 7.62. The van der Waals surface area contributed by atoms with Crippen LogP contribution in [0.3, 0.4) is 0 Å². The van der Waals surface area contributed by atoms with Gasteiger partial charge >= 0.3 is 0 Å². The predicted octanol–water partition coefficient (Wildman–Crippen LogP) is 3.21. The molecule has 2 heterocycles. The Kier molecular flexibility index (Phi) is 5.31. The van der Waals surface area contributed by atoms with Crippen molar-refractivity contribution in [3.63, 3.8) is 0 Å². The Labute approximate surface area is 141 Å². The van der Waals surface area contributed by atoms with Crippen molar-refractivity contribution >= 4 is 17.2 Å². The van der Waals surface area contributed by atoms with Crippen molar-refractivity contribution in [2.24, 2.45) is 0 Å². The van der Waals surface area contributed by atoms with Crippen LogP contribution in [-0.4, -0.2) is 31.0 Å². The van der Waals surface area contributed by atoms with Gasteiger partial charge in [0.1, 0.15) is 5.75 Å². The highest BCUT2D eigenvalue weighted by atomic mass is 32.1. The summed E-state index contributed by atoms with van der Waals surface area (Å²) in [5.41, 5.74) is 1.23. The van der Waals surface area contributed by atoms with Gasteiger partial charge in [0.2, 0.25) is 5.91 Å². The van der Waals surface area contributed by atoms with Gasteiger partial charge in [-0.05, 0) is 48.5 Å². The molecule has 1 aromatic carbocycles. The number of nitrogens with one attached hydrogen (secondary N) is 1. The molecule has 0 spiro atoms. The molecule has 4 nitrogen and oxygen atoms in total. The number of nitrogens with zero attached hydrogens (tertiary/aromatic N) is 1. The van der Waals surface area contributed by atoms with Crippen molar-refractivity contribution in [2.45, 2.75) is 25.4 Å². The molecule has 1 aliphatic heterocycles. The third kappa shape index (κ3) is 4.12. The predicted molar refractivity (Wildman–Crippen MR) is 92.7 cm³/mol. The number of likely N-dealkylation sites (tertiary alicyclic amines) is 1. The molecule has 1 N–H and O–H groups in total. The zero-order chi connectivity index (χ0) is 16.1. The van der Waals surface area contributed by atoms with Gasteiger partial charge < -0.3 is 10.1 Å². The number of hydrogen-bond acceptors (Lipinski definition) is 4. The molecule has 0 unspecified atom stereocenters. The van der Waals surface area contributed by atoms with Crippen LogP contribution >= 0.6 is 11.3 Å². The van der Waals surface area contributed by atoms with E-state index in [9.17, 15) is 4.79 Å². The topological polar surface area (TPSA) is 41.6 Å². The van der Waals surface area contributed by atoms with Gasteiger partial charge in [-0.25, -0.2) is 0 Å². The molecule has 0 aliphatic carbocycles. The number of carbonyl (C=O) groups excluding carboxylic acids is 1. The van der Waals surface area contributed by atoms with Crippen LogP contribution in [0.15, 0.2) is 41.8 Å². The van der Waals surface area contributed by atoms with Gasteiger partial charge in [0.15, 0.2) is 0 Å². The van der Waals surface area contributed by atoms with Crippen LogP contribution in [0.5, 0.6) is 5.75 Å². The van der Waals surface area contributed by atoms with Gasteiger partial charge in [-0.1, -0.05) is 18.2 Å². The Hall–Kier alpha value is -1.85. The van der Waals surface area contributed by atoms with Crippen molar-refractivity contribution < 1.29 is 9.53 Å². The number of amides is 1. The zero-order valence-electron chi connectivity index (χ0n) is 13.3. The highest BCUT2D eigenvalue weighted by molar-refractivity contribution is 7.09. The maximum atomic E-state index is 12.2. The number of benzene rings is 1. The van der Waals surface area contributed by atoms with Crippen molar-refractivity contribution in [3.8, 4) is 5.75 Å². The van der Waals surface area contributed by atoms with Crippen LogP contribution in [0.25, 0.3) is 0 Å². The first-order chi connectivity index (χ1) is 11.3. The summed E-state index contributed by atoms with van der Waals surface area (Å²) in [7, 11) is 1.68. The second-order valence-electron chi connectivity index (χ2n) is 5.76. The third-order valence-corrected chi connectivity index (χ3v) is 5.11. The fourth-order valence-electron chi connectivity index (χ4n) is 3.08. The van der Waals surface area contributed by atoms with E-state index in [4.69, 9.17) is 4.74 Å². The Morgan fingerprint density at radius 3 is 3.09 bits per heavy atom. The molecule has 0 bridgehead atoms. The minimum atomic E-state index is 0.0909. The fourth-order valence-corrected chi connectivity index (χ4v) is 3.73. The largest absolute Gasteiger partial charge is 0.497 e. The van der Waals surface area contributed by atoms with Gasteiger partial charge in [0.05, 0.1) is 20.2 Å². The summed E-state index contributed by atoms with van der Waals surface area (Å²) in [5, 5.41) is 5.04. The maximum Gasteiger partial charge on any atom is 0.234 e. The summed E-state index contributed by atoms with van der Waals surface area (Å²) in [6, 6.07) is 12.5. The summed E-state index contributed by atoms with van der Waals surface area (Å²) in [4.78, 5) is 15.7. The molecule has 1 amide bonds. The Balaban J connectivity index is 1.58. The monoisotopic (exact) mass is 330 g/mol. The van der Waals surface area contributed by atoms with Crippen molar-refractivity contribution in [1.29, 1.82) is 0 Å². The fraction of sp³-hybridized carbons (Fsp3) is 0.389. The Morgan fingerprint density at radius 1 is 1.39 bits per heavy atom. The summed E-state index contributed by atoms with van der Waals surface area (Å²) >= 11 is 1.67. The van der Waals surface area contributed by atoms with E-state index < -0.39 is 0 Å². The van der Waals surface area contributed by atoms with Gasteiger partial charge in [0, 0.05) is 10.9 Å². The Morgan fingerprint density at radius 2 is 2.30 bits per heavy atom. The maximum absolute atomic E-state index is 12.2. The smallest absolute Gasteiger partial charge is 0.234 e. The Bertz CT molecular complexity index is 642. The molecule has 0 saturated carbocycles. The molecule has 122 valence electrons. The van der Waals surface area contributed by atoms with Gasteiger partial charge in [0.25, 0.3) is 0 Å². The van der Waals surface area contributed by atoms with Gasteiger partial charge in [-0.2, -0.15) is 0 Å². The summed E-state index contributed by atoms with van der Waals surface area (Å²) in [6.07, 6.45) is 2.21. The number of hydrogen-bond donors (Lipinski definition) is 1. The molecule has 2 aromatic rings. The minimum absolute atomic E-state index is 0.0909. The molecule has 1 atom stereocenters. The highest BCUT2D eigenvalue weighted by Crippen LogP contribution is 2.33. The van der Waals surface area contributed by atoms with E-state index in [0.717, 1.165) is 25.1 Å². The zero-order valence-corrected chi connectivity index (χ0v) is 14.1. The highest BCUT2D eigenvalue weighted by Gasteiger charge is 2.27. The van der Waals surface area contributed by atoms with E-state index in [1.807, 2.05) is 29.6 Å². The second-order valence-corrected chi connectivity index (χ2v) is 6.79. The van der Waals surface area contributed by atoms with Crippen LogP contribution in [0, 0.1) is 0 Å². The van der Waals surface area contributed by atoms with E-state index in [0.29, 0.717) is 19.1 Å².